The van der Waals surface area contributed by atoms with Crippen LogP contribution in [0.5, 0.6) is 5.75 Å². The maximum atomic E-state index is 11.1. The molecule has 21 heavy (non-hydrogen) atoms. The molecule has 0 saturated heterocycles. The number of hydrogen-bond donors (Lipinski definition) is 1. The summed E-state index contributed by atoms with van der Waals surface area (Å²) in [5.41, 5.74) is 0.133. The molecule has 1 aromatic carbocycles. The number of aromatic carboxylic acids is 1. The highest BCUT2D eigenvalue weighted by molar-refractivity contribution is 6.32. The Morgan fingerprint density at radius 3 is 2.57 bits per heavy atom. The minimum Gasteiger partial charge on any atom is -0.497 e. The van der Waals surface area contributed by atoms with Gasteiger partial charge in [-0.3, -0.25) is 0 Å². The topological polar surface area (TPSA) is 77.2 Å². The first kappa shape index (κ1) is 15.3. The van der Waals surface area contributed by atoms with E-state index in [9.17, 15) is 4.79 Å². The third-order valence-corrected chi connectivity index (χ3v) is 3.17. The molecule has 0 saturated carbocycles. The zero-order valence-electron chi connectivity index (χ0n) is 12.2. The first-order valence-corrected chi connectivity index (χ1v) is 6.66. The van der Waals surface area contributed by atoms with Gasteiger partial charge in [0.25, 0.3) is 5.82 Å². The number of benzene rings is 1. The van der Waals surface area contributed by atoms with Crippen molar-refractivity contribution in [2.24, 2.45) is 0 Å². The molecule has 2 aromatic rings. The van der Waals surface area contributed by atoms with Crippen molar-refractivity contribution in [1.82, 2.24) is 14.8 Å². The molecular formula is C14H16ClN3O3. The van der Waals surface area contributed by atoms with Crippen LogP contribution in [0.1, 0.15) is 37.2 Å². The molecule has 0 aliphatic heterocycles. The van der Waals surface area contributed by atoms with Gasteiger partial charge in [0, 0.05) is 11.5 Å². The average molecular weight is 310 g/mol. The molecular weight excluding hydrogens is 294 g/mol. The van der Waals surface area contributed by atoms with E-state index in [0.29, 0.717) is 22.3 Å². The predicted octanol–water partition coefficient (Wildman–Crippen LogP) is 2.93. The molecule has 0 fully saturated rings. The van der Waals surface area contributed by atoms with Gasteiger partial charge in [0.2, 0.25) is 0 Å². The molecule has 0 spiro atoms. The number of ether oxygens (including phenoxy) is 1. The largest absolute Gasteiger partial charge is 0.497 e. The number of carbonyl (C=O) groups is 1. The number of halogens is 1. The molecule has 1 heterocycles. The fourth-order valence-electron chi connectivity index (χ4n) is 1.84. The second-order valence-corrected chi connectivity index (χ2v) is 5.95. The summed E-state index contributed by atoms with van der Waals surface area (Å²) < 4.78 is 6.63. The molecule has 0 aliphatic rings. The molecule has 0 aliphatic carbocycles. The van der Waals surface area contributed by atoms with Crippen LogP contribution < -0.4 is 4.74 Å². The van der Waals surface area contributed by atoms with Gasteiger partial charge in [0.1, 0.15) is 11.6 Å². The van der Waals surface area contributed by atoms with E-state index in [-0.39, 0.29) is 5.82 Å². The van der Waals surface area contributed by atoms with Gasteiger partial charge in [-0.25, -0.2) is 14.5 Å². The van der Waals surface area contributed by atoms with Crippen molar-refractivity contribution in [3.63, 3.8) is 0 Å². The Hall–Kier alpha value is -2.08. The second kappa shape index (κ2) is 5.37. The first-order valence-electron chi connectivity index (χ1n) is 6.29. The van der Waals surface area contributed by atoms with E-state index in [2.05, 4.69) is 10.1 Å². The number of rotatable bonds is 3. The molecule has 0 atom stereocenters. The summed E-state index contributed by atoms with van der Waals surface area (Å²) in [6.07, 6.45) is 0. The van der Waals surface area contributed by atoms with E-state index >= 15 is 0 Å². The van der Waals surface area contributed by atoms with Crippen LogP contribution in [0.2, 0.25) is 5.02 Å². The van der Waals surface area contributed by atoms with Crippen LogP contribution in [0.15, 0.2) is 18.2 Å². The van der Waals surface area contributed by atoms with Crippen LogP contribution in [0, 0.1) is 0 Å². The van der Waals surface area contributed by atoms with E-state index < -0.39 is 11.4 Å². The maximum Gasteiger partial charge on any atom is 0.375 e. The van der Waals surface area contributed by atoms with Crippen molar-refractivity contribution in [3.05, 3.63) is 34.9 Å². The highest BCUT2D eigenvalue weighted by Crippen LogP contribution is 2.29. The summed E-state index contributed by atoms with van der Waals surface area (Å²) in [4.78, 5) is 15.2. The lowest BCUT2D eigenvalue weighted by molar-refractivity contribution is 0.0683. The van der Waals surface area contributed by atoms with E-state index in [1.54, 1.807) is 25.3 Å². The lowest BCUT2D eigenvalue weighted by atomic mass is 9.95. The van der Waals surface area contributed by atoms with Crippen LogP contribution in [0.3, 0.4) is 0 Å². The van der Waals surface area contributed by atoms with Crippen molar-refractivity contribution < 1.29 is 14.6 Å². The van der Waals surface area contributed by atoms with Gasteiger partial charge in [-0.1, -0.05) is 32.4 Å². The quantitative estimate of drug-likeness (QED) is 0.943. The molecule has 7 heteroatoms. The molecule has 1 aromatic heterocycles. The molecule has 0 radical (unpaired) electrons. The highest BCUT2D eigenvalue weighted by atomic mass is 35.5. The van der Waals surface area contributed by atoms with Gasteiger partial charge in [-0.05, 0) is 12.1 Å². The normalized spacial score (nSPS) is 11.5. The Labute approximate surface area is 127 Å². The molecule has 6 nitrogen and oxygen atoms in total. The summed E-state index contributed by atoms with van der Waals surface area (Å²) in [6.45, 7) is 5.77. The monoisotopic (exact) mass is 309 g/mol. The molecule has 2 rings (SSSR count). The van der Waals surface area contributed by atoms with Gasteiger partial charge in [-0.2, -0.15) is 0 Å². The summed E-state index contributed by atoms with van der Waals surface area (Å²) in [5, 5.41) is 13.6. The van der Waals surface area contributed by atoms with Gasteiger partial charge in [0.05, 0.1) is 17.8 Å². The van der Waals surface area contributed by atoms with Crippen molar-refractivity contribution >= 4 is 17.6 Å². The summed E-state index contributed by atoms with van der Waals surface area (Å²) >= 11 is 6.21. The zero-order valence-corrected chi connectivity index (χ0v) is 13.0. The number of carboxylic acid groups (broad SMARTS) is 1. The van der Waals surface area contributed by atoms with Crippen LogP contribution in [-0.2, 0) is 5.41 Å². The van der Waals surface area contributed by atoms with E-state index in [1.807, 2.05) is 20.8 Å². The van der Waals surface area contributed by atoms with Gasteiger partial charge in [-0.15, -0.1) is 5.10 Å². The molecule has 0 bridgehead atoms. The Morgan fingerprint density at radius 2 is 2.05 bits per heavy atom. The summed E-state index contributed by atoms with van der Waals surface area (Å²) in [7, 11) is 1.54. The smallest absolute Gasteiger partial charge is 0.375 e. The van der Waals surface area contributed by atoms with Crippen LogP contribution in [0.25, 0.3) is 5.69 Å². The second-order valence-electron chi connectivity index (χ2n) is 5.54. The summed E-state index contributed by atoms with van der Waals surface area (Å²) in [6, 6.07) is 5.08. The minimum absolute atomic E-state index is 0.265. The highest BCUT2D eigenvalue weighted by Gasteiger charge is 2.27. The van der Waals surface area contributed by atoms with Gasteiger partial charge < -0.3 is 9.84 Å². The summed E-state index contributed by atoms with van der Waals surface area (Å²) in [5.74, 6) is -0.339. The fraction of sp³-hybridized carbons (Fsp3) is 0.357. The lowest BCUT2D eigenvalue weighted by Gasteiger charge is -2.19. The third kappa shape index (κ3) is 3.00. The van der Waals surface area contributed by atoms with Crippen LogP contribution >= 0.6 is 11.6 Å². The Balaban J connectivity index is 2.70. The van der Waals surface area contributed by atoms with Crippen molar-refractivity contribution in [2.45, 2.75) is 26.2 Å². The number of hydrogen-bond acceptors (Lipinski definition) is 4. The predicted molar refractivity (Wildman–Crippen MR) is 78.6 cm³/mol. The van der Waals surface area contributed by atoms with Gasteiger partial charge in [0.15, 0.2) is 0 Å². The Kier molecular flexibility index (Phi) is 3.91. The molecule has 0 unspecified atom stereocenters. The van der Waals surface area contributed by atoms with E-state index in [0.717, 1.165) is 0 Å². The average Bonchev–Trinajstić information content (AvgIpc) is 2.84. The third-order valence-electron chi connectivity index (χ3n) is 2.85. The molecule has 0 amide bonds. The number of carboxylic acids is 1. The minimum atomic E-state index is -1.18. The van der Waals surface area contributed by atoms with Crippen molar-refractivity contribution in [1.29, 1.82) is 0 Å². The Bertz CT molecular complexity index is 689. The number of aromatic nitrogens is 3. The molecule has 112 valence electrons. The SMILES string of the molecule is COc1ccc(Cl)c(-n2nc(C(=O)O)nc2C(C)(C)C)c1. The standard InChI is InChI=1S/C14H16ClN3O3/c1-14(2,3)13-16-11(12(19)20)17-18(13)10-7-8(21-4)5-6-9(10)15/h5-7H,1-4H3,(H,19,20). The number of methoxy groups -OCH3 is 1. The van der Waals surface area contributed by atoms with E-state index in [4.69, 9.17) is 21.4 Å². The maximum absolute atomic E-state index is 11.1. The molecule has 1 N–H and O–H groups in total. The Morgan fingerprint density at radius 1 is 1.38 bits per heavy atom. The number of nitrogens with zero attached hydrogens (tertiary/aromatic N) is 3. The first-order chi connectivity index (χ1) is 9.74. The van der Waals surface area contributed by atoms with Crippen LogP contribution in [-0.4, -0.2) is 33.0 Å². The lowest BCUT2D eigenvalue weighted by Crippen LogP contribution is -2.19. The van der Waals surface area contributed by atoms with Gasteiger partial charge >= 0.3 is 5.97 Å². The van der Waals surface area contributed by atoms with Crippen LogP contribution in [0.4, 0.5) is 0 Å². The fourth-order valence-corrected chi connectivity index (χ4v) is 2.04. The zero-order chi connectivity index (χ0) is 15.8. The van der Waals surface area contributed by atoms with Crippen molar-refractivity contribution in [2.75, 3.05) is 7.11 Å². The van der Waals surface area contributed by atoms with E-state index in [1.165, 1.54) is 4.68 Å². The van der Waals surface area contributed by atoms with Crippen molar-refractivity contribution in [3.8, 4) is 11.4 Å².